The third kappa shape index (κ3) is 4.06. The second kappa shape index (κ2) is 7.25. The van der Waals surface area contributed by atoms with Crippen molar-refractivity contribution in [3.63, 3.8) is 0 Å². The number of hydrogen-bond acceptors (Lipinski definition) is 3. The molecule has 2 aromatic heterocycles. The molecule has 0 aliphatic heterocycles. The number of aromatic nitrogens is 3. The van der Waals surface area contributed by atoms with Crippen LogP contribution in [0, 0.1) is 12.8 Å². The first kappa shape index (κ1) is 15.5. The Hall–Kier alpha value is -1.84. The summed E-state index contributed by atoms with van der Waals surface area (Å²) in [6, 6.07) is 4.65. The molecule has 2 unspecified atom stereocenters. The fourth-order valence-corrected chi connectivity index (χ4v) is 2.45. The lowest BCUT2D eigenvalue weighted by Crippen LogP contribution is -2.21. The van der Waals surface area contributed by atoms with Crippen LogP contribution in [0.4, 0.5) is 5.69 Å². The lowest BCUT2D eigenvalue weighted by atomic mass is 9.98. The first-order valence-electron chi connectivity index (χ1n) is 7.86. The lowest BCUT2D eigenvalue weighted by molar-refractivity contribution is 0.461. The van der Waals surface area contributed by atoms with Crippen LogP contribution in [0.1, 0.15) is 45.9 Å². The SMILES string of the molecule is CCC(C)CC(CC)Nc1ccc(-n2ccnc2C)nc1. The minimum absolute atomic E-state index is 0.516. The van der Waals surface area contributed by atoms with Crippen molar-refractivity contribution < 1.29 is 0 Å². The van der Waals surface area contributed by atoms with Crippen molar-refractivity contribution in [2.45, 2.75) is 53.0 Å². The molecule has 2 heterocycles. The minimum atomic E-state index is 0.516. The summed E-state index contributed by atoms with van der Waals surface area (Å²) >= 11 is 0. The molecule has 2 rings (SSSR count). The lowest BCUT2D eigenvalue weighted by Gasteiger charge is -2.21. The molecule has 1 N–H and O–H groups in total. The van der Waals surface area contributed by atoms with Gasteiger partial charge in [-0.3, -0.25) is 4.57 Å². The fraction of sp³-hybridized carbons (Fsp3) is 0.529. The zero-order valence-corrected chi connectivity index (χ0v) is 13.5. The van der Waals surface area contributed by atoms with Gasteiger partial charge in [0.15, 0.2) is 0 Å². The number of pyridine rings is 1. The summed E-state index contributed by atoms with van der Waals surface area (Å²) in [5.41, 5.74) is 1.09. The molecule has 21 heavy (non-hydrogen) atoms. The Morgan fingerprint density at radius 1 is 1.19 bits per heavy atom. The Bertz CT molecular complexity index is 544. The molecule has 0 saturated heterocycles. The van der Waals surface area contributed by atoms with E-state index < -0.39 is 0 Å². The molecule has 0 spiro atoms. The van der Waals surface area contributed by atoms with E-state index in [0.717, 1.165) is 29.7 Å². The van der Waals surface area contributed by atoms with Crippen LogP contribution in [-0.2, 0) is 0 Å². The monoisotopic (exact) mass is 286 g/mol. The summed E-state index contributed by atoms with van der Waals surface area (Å²) in [6.07, 6.45) is 9.20. The van der Waals surface area contributed by atoms with Gasteiger partial charge in [-0.1, -0.05) is 27.2 Å². The van der Waals surface area contributed by atoms with Crippen LogP contribution in [-0.4, -0.2) is 20.6 Å². The quantitative estimate of drug-likeness (QED) is 0.829. The van der Waals surface area contributed by atoms with Crippen LogP contribution in [0.15, 0.2) is 30.7 Å². The zero-order chi connectivity index (χ0) is 15.2. The second-order valence-electron chi connectivity index (χ2n) is 5.75. The fourth-order valence-electron chi connectivity index (χ4n) is 2.45. The second-order valence-corrected chi connectivity index (χ2v) is 5.75. The standard InChI is InChI=1S/C17H26N4/c1-5-13(3)11-15(6-2)20-16-7-8-17(19-12-16)21-10-9-18-14(21)4/h7-10,12-13,15,20H,5-6,11H2,1-4H3. The van der Waals surface area contributed by atoms with Crippen LogP contribution in [0.3, 0.4) is 0 Å². The first-order chi connectivity index (χ1) is 10.1. The highest BCUT2D eigenvalue weighted by Crippen LogP contribution is 2.18. The minimum Gasteiger partial charge on any atom is -0.381 e. The topological polar surface area (TPSA) is 42.7 Å². The highest BCUT2D eigenvalue weighted by atomic mass is 15.1. The van der Waals surface area contributed by atoms with E-state index in [4.69, 9.17) is 0 Å². The van der Waals surface area contributed by atoms with Crippen LogP contribution < -0.4 is 5.32 Å². The predicted octanol–water partition coefficient (Wildman–Crippen LogP) is 4.20. The maximum absolute atomic E-state index is 4.53. The molecule has 0 aromatic carbocycles. The van der Waals surface area contributed by atoms with Gasteiger partial charge in [-0.15, -0.1) is 0 Å². The van der Waals surface area contributed by atoms with E-state index in [-0.39, 0.29) is 0 Å². The molecule has 4 heteroatoms. The van der Waals surface area contributed by atoms with Gasteiger partial charge in [0.25, 0.3) is 0 Å². The average molecular weight is 286 g/mol. The van der Waals surface area contributed by atoms with Crippen LogP contribution in [0.5, 0.6) is 0 Å². The molecular weight excluding hydrogens is 260 g/mol. The molecule has 0 aliphatic rings. The predicted molar refractivity (Wildman–Crippen MR) is 87.9 cm³/mol. The Morgan fingerprint density at radius 2 is 2.00 bits per heavy atom. The van der Waals surface area contributed by atoms with Gasteiger partial charge in [0.2, 0.25) is 0 Å². The van der Waals surface area contributed by atoms with Crippen molar-refractivity contribution >= 4 is 5.69 Å². The average Bonchev–Trinajstić information content (AvgIpc) is 2.93. The molecule has 0 fully saturated rings. The maximum atomic E-state index is 4.53. The van der Waals surface area contributed by atoms with E-state index in [1.807, 2.05) is 30.0 Å². The molecule has 4 nitrogen and oxygen atoms in total. The summed E-state index contributed by atoms with van der Waals surface area (Å²) in [7, 11) is 0. The van der Waals surface area contributed by atoms with Crippen molar-refractivity contribution in [3.8, 4) is 5.82 Å². The van der Waals surface area contributed by atoms with E-state index in [1.54, 1.807) is 6.20 Å². The van der Waals surface area contributed by atoms with E-state index in [2.05, 4.69) is 42.1 Å². The number of nitrogens with one attached hydrogen (secondary N) is 1. The molecule has 0 radical (unpaired) electrons. The van der Waals surface area contributed by atoms with Crippen molar-refractivity contribution in [3.05, 3.63) is 36.5 Å². The van der Waals surface area contributed by atoms with Crippen molar-refractivity contribution in [1.82, 2.24) is 14.5 Å². The molecule has 2 atom stereocenters. The third-order valence-corrected chi connectivity index (χ3v) is 4.07. The molecule has 0 saturated carbocycles. The summed E-state index contributed by atoms with van der Waals surface area (Å²) in [5, 5.41) is 3.59. The van der Waals surface area contributed by atoms with Gasteiger partial charge in [-0.2, -0.15) is 0 Å². The van der Waals surface area contributed by atoms with Gasteiger partial charge in [-0.05, 0) is 37.8 Å². The molecular formula is C17H26N4. The van der Waals surface area contributed by atoms with Gasteiger partial charge in [0.1, 0.15) is 11.6 Å². The highest BCUT2D eigenvalue weighted by molar-refractivity contribution is 5.44. The maximum Gasteiger partial charge on any atom is 0.138 e. The largest absolute Gasteiger partial charge is 0.381 e. The number of aryl methyl sites for hydroxylation is 1. The number of imidazole rings is 1. The third-order valence-electron chi connectivity index (χ3n) is 4.07. The molecule has 0 aliphatic carbocycles. The smallest absolute Gasteiger partial charge is 0.138 e. The van der Waals surface area contributed by atoms with E-state index in [0.29, 0.717) is 6.04 Å². The molecule has 114 valence electrons. The van der Waals surface area contributed by atoms with Gasteiger partial charge >= 0.3 is 0 Å². The van der Waals surface area contributed by atoms with Gasteiger partial charge in [0.05, 0.1) is 11.9 Å². The molecule has 0 amide bonds. The van der Waals surface area contributed by atoms with Crippen LogP contribution in [0.2, 0.25) is 0 Å². The highest BCUT2D eigenvalue weighted by Gasteiger charge is 2.10. The molecule has 2 aromatic rings. The zero-order valence-electron chi connectivity index (χ0n) is 13.5. The Kier molecular flexibility index (Phi) is 5.37. The number of anilines is 1. The molecule has 0 bridgehead atoms. The van der Waals surface area contributed by atoms with Crippen molar-refractivity contribution in [2.75, 3.05) is 5.32 Å². The van der Waals surface area contributed by atoms with E-state index >= 15 is 0 Å². The summed E-state index contributed by atoms with van der Waals surface area (Å²) < 4.78 is 1.99. The summed E-state index contributed by atoms with van der Waals surface area (Å²) in [6.45, 7) is 8.78. The van der Waals surface area contributed by atoms with E-state index in [1.165, 1.54) is 12.8 Å². The Labute approximate surface area is 127 Å². The summed E-state index contributed by atoms with van der Waals surface area (Å²) in [5.74, 6) is 2.61. The van der Waals surface area contributed by atoms with E-state index in [9.17, 15) is 0 Å². The van der Waals surface area contributed by atoms with Gasteiger partial charge in [-0.25, -0.2) is 9.97 Å². The van der Waals surface area contributed by atoms with Crippen LogP contribution >= 0.6 is 0 Å². The van der Waals surface area contributed by atoms with Gasteiger partial charge < -0.3 is 5.32 Å². The van der Waals surface area contributed by atoms with Crippen LogP contribution in [0.25, 0.3) is 5.82 Å². The summed E-state index contributed by atoms with van der Waals surface area (Å²) in [4.78, 5) is 8.76. The normalized spacial score (nSPS) is 13.9. The first-order valence-corrected chi connectivity index (χ1v) is 7.86. The van der Waals surface area contributed by atoms with Crippen molar-refractivity contribution in [2.24, 2.45) is 5.92 Å². The van der Waals surface area contributed by atoms with Crippen molar-refractivity contribution in [1.29, 1.82) is 0 Å². The number of rotatable bonds is 7. The Balaban J connectivity index is 2.03. The Morgan fingerprint density at radius 3 is 2.52 bits per heavy atom. The number of hydrogen-bond donors (Lipinski definition) is 1. The number of nitrogens with zero attached hydrogens (tertiary/aromatic N) is 3. The van der Waals surface area contributed by atoms with Gasteiger partial charge in [0, 0.05) is 18.4 Å².